The number of ether oxygens (including phenoxy) is 1. The molecule has 0 saturated carbocycles. The van der Waals surface area contributed by atoms with Gasteiger partial charge in [-0.25, -0.2) is 18.9 Å². The van der Waals surface area contributed by atoms with Crippen molar-refractivity contribution in [3.63, 3.8) is 0 Å². The molecule has 136 valence electrons. The van der Waals surface area contributed by atoms with Crippen LogP contribution in [0.2, 0.25) is 10.0 Å². The van der Waals surface area contributed by atoms with E-state index in [2.05, 4.69) is 14.2 Å². The lowest BCUT2D eigenvalue weighted by molar-refractivity contribution is 0.00651. The molecule has 0 fully saturated rings. The lowest BCUT2D eigenvalue weighted by atomic mass is 10.2. The van der Waals surface area contributed by atoms with Crippen molar-refractivity contribution in [2.45, 2.75) is 0 Å². The van der Waals surface area contributed by atoms with Crippen molar-refractivity contribution in [2.75, 3.05) is 6.79 Å². The Kier molecular flexibility index (Phi) is 5.34. The maximum Gasteiger partial charge on any atom is 0.472 e. The summed E-state index contributed by atoms with van der Waals surface area (Å²) in [5, 5.41) is 0.841. The topological polar surface area (TPSA) is 119 Å². The number of hydrogen-bond acceptors (Lipinski definition) is 6. The second kappa shape index (κ2) is 7.36. The van der Waals surface area contributed by atoms with Gasteiger partial charge in [0.2, 0.25) is 12.7 Å². The number of phosphoric ester groups is 1. The SMILES string of the molecule is O=C(OCOP(=O)(O)O)c1ccc2nc(-c3cc(Cl)cc(Cl)c3)oc2c1. The van der Waals surface area contributed by atoms with Gasteiger partial charge in [-0.3, -0.25) is 0 Å². The Hall–Kier alpha value is -1.93. The number of carbonyl (C=O) groups excluding carboxylic acids is 1. The van der Waals surface area contributed by atoms with Crippen LogP contribution in [0.25, 0.3) is 22.6 Å². The van der Waals surface area contributed by atoms with Crippen LogP contribution in [0.15, 0.2) is 40.8 Å². The van der Waals surface area contributed by atoms with Crippen LogP contribution < -0.4 is 0 Å². The number of phosphoric acid groups is 1. The van der Waals surface area contributed by atoms with Gasteiger partial charge in [-0.2, -0.15) is 0 Å². The number of aromatic nitrogens is 1. The quantitative estimate of drug-likeness (QED) is 0.362. The summed E-state index contributed by atoms with van der Waals surface area (Å²) in [7, 11) is -4.72. The Morgan fingerprint density at radius 3 is 2.50 bits per heavy atom. The fourth-order valence-corrected chi connectivity index (χ4v) is 2.80. The van der Waals surface area contributed by atoms with Gasteiger partial charge < -0.3 is 18.9 Å². The van der Waals surface area contributed by atoms with Gasteiger partial charge in [-0.15, -0.1) is 0 Å². The molecule has 0 saturated heterocycles. The summed E-state index contributed by atoms with van der Waals surface area (Å²) in [6.45, 7) is -0.885. The normalized spacial score (nSPS) is 11.7. The lowest BCUT2D eigenvalue weighted by Crippen LogP contribution is -2.07. The number of nitrogens with zero attached hydrogens (tertiary/aromatic N) is 1. The van der Waals surface area contributed by atoms with Crippen LogP contribution in [0.1, 0.15) is 10.4 Å². The number of rotatable bonds is 5. The molecule has 0 radical (unpaired) electrons. The Balaban J connectivity index is 1.83. The molecule has 1 aromatic heterocycles. The number of hydrogen-bond donors (Lipinski definition) is 2. The highest BCUT2D eigenvalue weighted by Gasteiger charge is 2.17. The van der Waals surface area contributed by atoms with E-state index < -0.39 is 20.6 Å². The number of fused-ring (bicyclic) bond motifs is 1. The fourth-order valence-electron chi connectivity index (χ4n) is 2.08. The molecule has 0 aliphatic rings. The second-order valence-electron chi connectivity index (χ2n) is 5.03. The van der Waals surface area contributed by atoms with Gasteiger partial charge in [0.15, 0.2) is 5.58 Å². The summed E-state index contributed by atoms with van der Waals surface area (Å²) in [5.41, 5.74) is 1.46. The average molecular weight is 418 g/mol. The first kappa shape index (κ1) is 18.8. The Morgan fingerprint density at radius 1 is 1.15 bits per heavy atom. The van der Waals surface area contributed by atoms with Gasteiger partial charge in [0.05, 0.1) is 5.56 Å². The van der Waals surface area contributed by atoms with Crippen molar-refractivity contribution in [3.8, 4) is 11.5 Å². The Morgan fingerprint density at radius 2 is 1.85 bits per heavy atom. The highest BCUT2D eigenvalue weighted by molar-refractivity contribution is 7.46. The van der Waals surface area contributed by atoms with Gasteiger partial charge in [-0.1, -0.05) is 23.2 Å². The number of esters is 1. The highest BCUT2D eigenvalue weighted by Crippen LogP contribution is 2.35. The molecular weight excluding hydrogens is 408 g/mol. The second-order valence-corrected chi connectivity index (χ2v) is 7.14. The molecule has 2 N–H and O–H groups in total. The molecule has 0 aliphatic heterocycles. The molecule has 3 rings (SSSR count). The summed E-state index contributed by atoms with van der Waals surface area (Å²) in [6.07, 6.45) is 0. The minimum Gasteiger partial charge on any atom is -0.436 e. The largest absolute Gasteiger partial charge is 0.472 e. The van der Waals surface area contributed by atoms with Crippen LogP contribution in [0.5, 0.6) is 0 Å². The highest BCUT2D eigenvalue weighted by atomic mass is 35.5. The average Bonchev–Trinajstić information content (AvgIpc) is 2.95. The van der Waals surface area contributed by atoms with E-state index in [4.69, 9.17) is 37.4 Å². The fraction of sp³-hybridized carbons (Fsp3) is 0.0667. The van der Waals surface area contributed by atoms with Crippen LogP contribution in [0.3, 0.4) is 0 Å². The van der Waals surface area contributed by atoms with Crippen molar-refractivity contribution in [1.29, 1.82) is 0 Å². The number of carbonyl (C=O) groups is 1. The third-order valence-corrected chi connectivity index (χ3v) is 4.02. The van der Waals surface area contributed by atoms with Crippen molar-refractivity contribution in [3.05, 3.63) is 52.0 Å². The molecule has 0 aliphatic carbocycles. The summed E-state index contributed by atoms with van der Waals surface area (Å²) in [4.78, 5) is 33.3. The molecule has 0 spiro atoms. The predicted molar refractivity (Wildman–Crippen MR) is 92.9 cm³/mol. The summed E-state index contributed by atoms with van der Waals surface area (Å²) >= 11 is 11.9. The first-order valence-electron chi connectivity index (χ1n) is 6.95. The zero-order chi connectivity index (χ0) is 18.9. The van der Waals surface area contributed by atoms with E-state index in [9.17, 15) is 9.36 Å². The lowest BCUT2D eigenvalue weighted by Gasteiger charge is -2.06. The Labute approximate surface area is 156 Å². The van der Waals surface area contributed by atoms with E-state index in [1.807, 2.05) is 0 Å². The zero-order valence-corrected chi connectivity index (χ0v) is 15.2. The number of benzene rings is 2. The van der Waals surface area contributed by atoms with E-state index in [0.29, 0.717) is 26.7 Å². The van der Waals surface area contributed by atoms with Crippen LogP contribution in [0.4, 0.5) is 0 Å². The van der Waals surface area contributed by atoms with Crippen LogP contribution in [-0.2, 0) is 13.8 Å². The van der Waals surface area contributed by atoms with E-state index >= 15 is 0 Å². The minimum atomic E-state index is -4.72. The van der Waals surface area contributed by atoms with E-state index in [0.717, 1.165) is 0 Å². The zero-order valence-electron chi connectivity index (χ0n) is 12.8. The molecule has 11 heteroatoms. The van der Waals surface area contributed by atoms with E-state index in [-0.39, 0.29) is 11.5 Å². The number of oxazole rings is 1. The maximum atomic E-state index is 11.9. The van der Waals surface area contributed by atoms with Crippen LogP contribution >= 0.6 is 31.0 Å². The van der Waals surface area contributed by atoms with Crippen molar-refractivity contribution < 1.29 is 32.8 Å². The number of halogens is 2. The standard InChI is InChI=1S/C15H10Cl2NO7P/c16-10-3-9(4-11(17)6-10)14-18-12-2-1-8(5-13(12)25-14)15(19)23-7-24-26(20,21)22/h1-6H,7H2,(H2,20,21,22). The molecule has 0 amide bonds. The summed E-state index contributed by atoms with van der Waals surface area (Å²) in [6, 6.07) is 9.19. The Bertz CT molecular complexity index is 1010. The van der Waals surface area contributed by atoms with Gasteiger partial charge in [-0.05, 0) is 36.4 Å². The van der Waals surface area contributed by atoms with E-state index in [1.165, 1.54) is 18.2 Å². The van der Waals surface area contributed by atoms with Crippen molar-refractivity contribution in [1.82, 2.24) is 4.98 Å². The van der Waals surface area contributed by atoms with Gasteiger partial charge >= 0.3 is 13.8 Å². The summed E-state index contributed by atoms with van der Waals surface area (Å²) in [5.74, 6) is -0.580. The molecule has 1 heterocycles. The molecular formula is C15H10Cl2NO7P. The van der Waals surface area contributed by atoms with Gasteiger partial charge in [0, 0.05) is 15.6 Å². The van der Waals surface area contributed by atoms with Crippen LogP contribution in [0, 0.1) is 0 Å². The predicted octanol–water partition coefficient (Wildman–Crippen LogP) is 4.03. The van der Waals surface area contributed by atoms with E-state index in [1.54, 1.807) is 18.2 Å². The molecule has 3 aromatic rings. The molecule has 0 bridgehead atoms. The van der Waals surface area contributed by atoms with Gasteiger partial charge in [0.25, 0.3) is 0 Å². The third kappa shape index (κ3) is 4.62. The first-order valence-corrected chi connectivity index (χ1v) is 9.24. The monoisotopic (exact) mass is 417 g/mol. The maximum absolute atomic E-state index is 11.9. The molecule has 0 atom stereocenters. The minimum absolute atomic E-state index is 0.0960. The molecule has 8 nitrogen and oxygen atoms in total. The van der Waals surface area contributed by atoms with Gasteiger partial charge in [0.1, 0.15) is 5.52 Å². The smallest absolute Gasteiger partial charge is 0.436 e. The van der Waals surface area contributed by atoms with Crippen molar-refractivity contribution in [2.24, 2.45) is 0 Å². The van der Waals surface area contributed by atoms with Crippen LogP contribution in [-0.4, -0.2) is 27.5 Å². The first-order chi connectivity index (χ1) is 12.2. The molecule has 26 heavy (non-hydrogen) atoms. The molecule has 2 aromatic carbocycles. The third-order valence-electron chi connectivity index (χ3n) is 3.14. The molecule has 0 unspecified atom stereocenters. The summed E-state index contributed by atoms with van der Waals surface area (Å²) < 4.78 is 24.9. The van der Waals surface area contributed by atoms with Crippen molar-refractivity contribution >= 4 is 48.1 Å².